The monoisotopic (exact) mass is 395 g/mol. The van der Waals surface area contributed by atoms with Gasteiger partial charge in [0.1, 0.15) is 6.04 Å². The smallest absolute Gasteiger partial charge is 0.251 e. The molecule has 1 aliphatic heterocycles. The van der Waals surface area contributed by atoms with E-state index in [-0.39, 0.29) is 18.0 Å². The third-order valence-corrected chi connectivity index (χ3v) is 5.34. The molecular formula is C20H18BrN3O. The molecule has 0 N–H and O–H groups in total. The molecule has 25 heavy (non-hydrogen) atoms. The minimum Gasteiger partial charge on any atom is -0.328 e. The average molecular weight is 396 g/mol. The highest BCUT2D eigenvalue weighted by Gasteiger charge is 2.36. The van der Waals surface area contributed by atoms with Gasteiger partial charge in [0.25, 0.3) is 5.91 Å². The summed E-state index contributed by atoms with van der Waals surface area (Å²) in [5, 5.41) is 0. The quantitative estimate of drug-likeness (QED) is 0.661. The molecule has 0 fully saturated rings. The van der Waals surface area contributed by atoms with E-state index in [1.807, 2.05) is 58.1 Å². The molecule has 0 aliphatic carbocycles. The lowest BCUT2D eigenvalue weighted by Gasteiger charge is -2.38. The van der Waals surface area contributed by atoms with Crippen molar-refractivity contribution in [3.05, 3.63) is 88.4 Å². The number of hydrogen-bond donors (Lipinski definition) is 0. The molecule has 0 saturated heterocycles. The zero-order valence-corrected chi connectivity index (χ0v) is 15.4. The van der Waals surface area contributed by atoms with Crippen LogP contribution < -0.4 is 0 Å². The van der Waals surface area contributed by atoms with E-state index in [2.05, 4.69) is 40.0 Å². The molecule has 0 radical (unpaired) electrons. The second-order valence-electron chi connectivity index (χ2n) is 6.30. The predicted molar refractivity (Wildman–Crippen MR) is 99.9 cm³/mol. The highest BCUT2D eigenvalue weighted by molar-refractivity contribution is 9.10. The summed E-state index contributed by atoms with van der Waals surface area (Å²) < 4.78 is 2.99. The summed E-state index contributed by atoms with van der Waals surface area (Å²) in [4.78, 5) is 19.6. The highest BCUT2D eigenvalue weighted by Crippen LogP contribution is 2.33. The number of aromatic nitrogens is 2. The van der Waals surface area contributed by atoms with Crippen LogP contribution >= 0.6 is 15.9 Å². The zero-order valence-electron chi connectivity index (χ0n) is 13.8. The molecule has 0 unspecified atom stereocenters. The number of halogens is 1. The Morgan fingerprint density at radius 2 is 1.84 bits per heavy atom. The number of rotatable bonds is 3. The van der Waals surface area contributed by atoms with Crippen LogP contribution in [-0.4, -0.2) is 20.4 Å². The Hall–Kier alpha value is -2.40. The van der Waals surface area contributed by atoms with Crippen molar-refractivity contribution in [3.63, 3.8) is 0 Å². The predicted octanol–water partition coefficient (Wildman–Crippen LogP) is 4.34. The Kier molecular flexibility index (Phi) is 4.17. The van der Waals surface area contributed by atoms with E-state index in [1.54, 1.807) is 6.33 Å². The van der Waals surface area contributed by atoms with E-state index in [0.717, 1.165) is 21.3 Å². The summed E-state index contributed by atoms with van der Waals surface area (Å²) in [5.74, 6) is 0.101. The lowest BCUT2D eigenvalue weighted by molar-refractivity contribution is -0.138. The molecule has 3 aromatic rings. The number of carbonyl (C=O) groups excluding carboxylic acids is 1. The number of nitrogens with zero attached hydrogens (tertiary/aromatic N) is 3. The summed E-state index contributed by atoms with van der Waals surface area (Å²) in [5.41, 5.74) is 3.16. The normalized spacial score (nSPS) is 18.1. The van der Waals surface area contributed by atoms with Crippen LogP contribution in [0.15, 0.2) is 71.6 Å². The summed E-state index contributed by atoms with van der Waals surface area (Å²) in [6.45, 7) is 2.65. The maximum absolute atomic E-state index is 13.4. The van der Waals surface area contributed by atoms with E-state index >= 15 is 0 Å². The Balaban J connectivity index is 1.75. The number of benzene rings is 2. The van der Waals surface area contributed by atoms with Gasteiger partial charge in [-0.25, -0.2) is 4.98 Å². The molecule has 1 aromatic heterocycles. The number of fused-ring (bicyclic) bond motifs is 1. The molecule has 1 aliphatic rings. The van der Waals surface area contributed by atoms with Crippen molar-refractivity contribution in [2.75, 3.05) is 0 Å². The van der Waals surface area contributed by atoms with Crippen molar-refractivity contribution >= 4 is 21.8 Å². The molecule has 2 heterocycles. The largest absolute Gasteiger partial charge is 0.328 e. The first kappa shape index (κ1) is 16.1. The third kappa shape index (κ3) is 2.89. The zero-order chi connectivity index (χ0) is 17.4. The number of imidazole rings is 1. The summed E-state index contributed by atoms with van der Waals surface area (Å²) in [6.07, 6.45) is 3.60. The Morgan fingerprint density at radius 3 is 2.56 bits per heavy atom. The maximum atomic E-state index is 13.4. The second kappa shape index (κ2) is 6.48. The van der Waals surface area contributed by atoms with Gasteiger partial charge in [-0.15, -0.1) is 0 Å². The van der Waals surface area contributed by atoms with Gasteiger partial charge in [0.2, 0.25) is 0 Å². The molecule has 2 aromatic carbocycles. The van der Waals surface area contributed by atoms with Crippen LogP contribution in [0.5, 0.6) is 0 Å². The molecule has 0 bridgehead atoms. The van der Waals surface area contributed by atoms with Crippen LogP contribution in [0.1, 0.15) is 35.8 Å². The first-order chi connectivity index (χ1) is 12.1. The fourth-order valence-corrected chi connectivity index (χ4v) is 3.67. The lowest BCUT2D eigenvalue weighted by atomic mass is 9.99. The van der Waals surface area contributed by atoms with Gasteiger partial charge in [0.05, 0.1) is 24.6 Å². The molecule has 4 nitrogen and oxygen atoms in total. The molecule has 1 amide bonds. The first-order valence-corrected chi connectivity index (χ1v) is 9.06. The van der Waals surface area contributed by atoms with Crippen LogP contribution in [0.25, 0.3) is 0 Å². The van der Waals surface area contributed by atoms with Gasteiger partial charge in [-0.05, 0) is 30.2 Å². The number of hydrogen-bond acceptors (Lipinski definition) is 2. The molecule has 126 valence electrons. The van der Waals surface area contributed by atoms with E-state index in [0.29, 0.717) is 6.54 Å². The Bertz CT molecular complexity index is 889. The topological polar surface area (TPSA) is 38.1 Å². The lowest BCUT2D eigenvalue weighted by Crippen LogP contribution is -2.43. The van der Waals surface area contributed by atoms with Gasteiger partial charge < -0.3 is 9.47 Å². The molecule has 5 heteroatoms. The van der Waals surface area contributed by atoms with Crippen molar-refractivity contribution < 1.29 is 4.79 Å². The van der Waals surface area contributed by atoms with Crippen LogP contribution in [0.4, 0.5) is 0 Å². The SMILES string of the molecule is C[C@@H](c1ccccc1)N1Cc2cncn2[C@@H](c2ccc(Br)cc2)C1=O. The fraction of sp³-hybridized carbons (Fsp3) is 0.200. The number of carbonyl (C=O) groups is 1. The highest BCUT2D eigenvalue weighted by atomic mass is 79.9. The van der Waals surface area contributed by atoms with Gasteiger partial charge in [0, 0.05) is 10.7 Å². The summed E-state index contributed by atoms with van der Waals surface area (Å²) in [6, 6.07) is 17.7. The van der Waals surface area contributed by atoms with Crippen LogP contribution in [0, 0.1) is 0 Å². The maximum Gasteiger partial charge on any atom is 0.251 e. The van der Waals surface area contributed by atoms with Crippen molar-refractivity contribution in [2.45, 2.75) is 25.6 Å². The molecule has 0 saturated carbocycles. The van der Waals surface area contributed by atoms with Gasteiger partial charge in [-0.1, -0.05) is 58.4 Å². The second-order valence-corrected chi connectivity index (χ2v) is 7.21. The molecule has 2 atom stereocenters. The summed E-state index contributed by atoms with van der Waals surface area (Å²) >= 11 is 3.46. The summed E-state index contributed by atoms with van der Waals surface area (Å²) in [7, 11) is 0. The van der Waals surface area contributed by atoms with Gasteiger partial charge in [-0.3, -0.25) is 4.79 Å². The minimum absolute atomic E-state index is 0.00954. The van der Waals surface area contributed by atoms with Gasteiger partial charge in [0.15, 0.2) is 0 Å². The number of amides is 1. The average Bonchev–Trinajstić information content (AvgIpc) is 3.10. The minimum atomic E-state index is -0.370. The standard InChI is InChI=1S/C20H18BrN3O/c1-14(15-5-3-2-4-6-15)23-12-18-11-22-13-24(18)19(20(23)25)16-7-9-17(21)10-8-16/h2-11,13-14,19H,12H2,1H3/t14-,19-/m0/s1. The van der Waals surface area contributed by atoms with Crippen LogP contribution in [0.2, 0.25) is 0 Å². The third-order valence-electron chi connectivity index (χ3n) is 4.81. The van der Waals surface area contributed by atoms with Crippen LogP contribution in [-0.2, 0) is 11.3 Å². The molecular weight excluding hydrogens is 378 g/mol. The fourth-order valence-electron chi connectivity index (χ4n) is 3.40. The first-order valence-electron chi connectivity index (χ1n) is 8.27. The molecule has 4 rings (SSSR count). The van der Waals surface area contributed by atoms with Gasteiger partial charge >= 0.3 is 0 Å². The van der Waals surface area contributed by atoms with Crippen molar-refractivity contribution in [1.29, 1.82) is 0 Å². The van der Waals surface area contributed by atoms with Crippen molar-refractivity contribution in [3.8, 4) is 0 Å². The Morgan fingerprint density at radius 1 is 1.12 bits per heavy atom. The van der Waals surface area contributed by atoms with Gasteiger partial charge in [-0.2, -0.15) is 0 Å². The van der Waals surface area contributed by atoms with Crippen molar-refractivity contribution in [2.24, 2.45) is 0 Å². The van der Waals surface area contributed by atoms with E-state index < -0.39 is 0 Å². The van der Waals surface area contributed by atoms with E-state index in [9.17, 15) is 4.79 Å². The van der Waals surface area contributed by atoms with E-state index in [4.69, 9.17) is 0 Å². The molecule has 0 spiro atoms. The van der Waals surface area contributed by atoms with E-state index in [1.165, 1.54) is 0 Å². The van der Waals surface area contributed by atoms with Crippen molar-refractivity contribution in [1.82, 2.24) is 14.5 Å². The van der Waals surface area contributed by atoms with Crippen LogP contribution in [0.3, 0.4) is 0 Å². The Labute approximate surface area is 155 Å².